The number of ether oxygens (including phenoxy) is 1. The van der Waals surface area contributed by atoms with Crippen LogP contribution in [0.25, 0.3) is 0 Å². The van der Waals surface area contributed by atoms with Gasteiger partial charge in [-0.1, -0.05) is 37.6 Å². The molecule has 0 amide bonds. The van der Waals surface area contributed by atoms with E-state index >= 15 is 0 Å². The van der Waals surface area contributed by atoms with Crippen molar-refractivity contribution < 1.29 is 9.53 Å². The summed E-state index contributed by atoms with van der Waals surface area (Å²) in [6, 6.07) is 7.85. The third kappa shape index (κ3) is 2.02. The molecule has 0 N–H and O–H groups in total. The van der Waals surface area contributed by atoms with Crippen LogP contribution in [0.5, 0.6) is 0 Å². The Hall–Kier alpha value is -1.15. The van der Waals surface area contributed by atoms with Gasteiger partial charge in [-0.05, 0) is 12.0 Å². The number of benzene rings is 1. The van der Waals surface area contributed by atoms with Gasteiger partial charge in [-0.2, -0.15) is 0 Å². The lowest BCUT2D eigenvalue weighted by Crippen LogP contribution is -2.06. The number of rotatable bonds is 4. The molecule has 1 atom stereocenters. The van der Waals surface area contributed by atoms with E-state index in [9.17, 15) is 4.79 Å². The van der Waals surface area contributed by atoms with Gasteiger partial charge >= 0.3 is 0 Å². The number of hydrogen-bond donors (Lipinski definition) is 0. The first kappa shape index (κ1) is 9.41. The number of epoxide rings is 1. The summed E-state index contributed by atoms with van der Waals surface area (Å²) in [6.07, 6.45) is 2.06. The predicted molar refractivity (Wildman–Crippen MR) is 54.5 cm³/mol. The van der Waals surface area contributed by atoms with Gasteiger partial charge in [-0.25, -0.2) is 0 Å². The zero-order valence-corrected chi connectivity index (χ0v) is 8.32. The molecule has 1 fully saturated rings. The maximum absolute atomic E-state index is 11.6. The second-order valence-electron chi connectivity index (χ2n) is 3.63. The van der Waals surface area contributed by atoms with Crippen LogP contribution in [0.3, 0.4) is 0 Å². The fraction of sp³-hybridized carbons (Fsp3) is 0.417. The highest BCUT2D eigenvalue weighted by atomic mass is 16.6. The molecule has 1 unspecified atom stereocenters. The first-order chi connectivity index (χ1) is 6.81. The van der Waals surface area contributed by atoms with Crippen LogP contribution in [0.2, 0.25) is 0 Å². The molecule has 1 saturated heterocycles. The Kier molecular flexibility index (Phi) is 2.64. The Labute approximate surface area is 83.9 Å². The Bertz CT molecular complexity index is 323. The molecule has 1 aliphatic heterocycles. The van der Waals surface area contributed by atoms with Crippen LogP contribution in [0.15, 0.2) is 24.3 Å². The van der Waals surface area contributed by atoms with E-state index in [2.05, 4.69) is 6.92 Å². The number of hydrogen-bond acceptors (Lipinski definition) is 2. The number of Topliss-reactive ketones (excluding diaryl/α,β-unsaturated/α-hetero) is 1. The quantitative estimate of drug-likeness (QED) is 0.538. The molecule has 0 spiro atoms. The van der Waals surface area contributed by atoms with Crippen molar-refractivity contribution in [2.75, 3.05) is 6.61 Å². The van der Waals surface area contributed by atoms with Crippen molar-refractivity contribution >= 4 is 5.78 Å². The van der Waals surface area contributed by atoms with Gasteiger partial charge in [0.1, 0.15) is 6.10 Å². The zero-order valence-electron chi connectivity index (χ0n) is 8.32. The molecule has 1 aromatic carbocycles. The second kappa shape index (κ2) is 3.93. The summed E-state index contributed by atoms with van der Waals surface area (Å²) in [5.74, 6) is 0.119. The van der Waals surface area contributed by atoms with E-state index < -0.39 is 0 Å². The summed E-state index contributed by atoms with van der Waals surface area (Å²) in [5.41, 5.74) is 2.06. The molecule has 0 saturated carbocycles. The molecule has 0 aliphatic carbocycles. The van der Waals surface area contributed by atoms with E-state index in [-0.39, 0.29) is 11.9 Å². The van der Waals surface area contributed by atoms with Crippen LogP contribution in [-0.2, 0) is 11.2 Å². The van der Waals surface area contributed by atoms with Crippen molar-refractivity contribution in [3.05, 3.63) is 35.4 Å². The predicted octanol–water partition coefficient (Wildman–Crippen LogP) is 2.22. The molecule has 0 bridgehead atoms. The van der Waals surface area contributed by atoms with Crippen molar-refractivity contribution in [3.8, 4) is 0 Å². The van der Waals surface area contributed by atoms with Gasteiger partial charge in [0.05, 0.1) is 6.61 Å². The molecule has 1 aromatic rings. The van der Waals surface area contributed by atoms with Crippen molar-refractivity contribution in [1.29, 1.82) is 0 Å². The molecule has 0 aromatic heterocycles. The Morgan fingerprint density at radius 2 is 2.07 bits per heavy atom. The van der Waals surface area contributed by atoms with Crippen LogP contribution < -0.4 is 0 Å². The summed E-state index contributed by atoms with van der Waals surface area (Å²) >= 11 is 0. The monoisotopic (exact) mass is 190 g/mol. The van der Waals surface area contributed by atoms with E-state index in [1.54, 1.807) is 0 Å². The highest BCUT2D eigenvalue weighted by molar-refractivity contribution is 6.00. The Morgan fingerprint density at radius 1 is 1.43 bits per heavy atom. The van der Waals surface area contributed by atoms with Crippen LogP contribution in [0.4, 0.5) is 0 Å². The first-order valence-corrected chi connectivity index (χ1v) is 5.06. The second-order valence-corrected chi connectivity index (χ2v) is 3.63. The van der Waals surface area contributed by atoms with Crippen LogP contribution in [0, 0.1) is 0 Å². The van der Waals surface area contributed by atoms with E-state index in [4.69, 9.17) is 4.74 Å². The van der Waals surface area contributed by atoms with E-state index in [0.29, 0.717) is 6.61 Å². The number of aryl methyl sites for hydroxylation is 1. The van der Waals surface area contributed by atoms with Crippen LogP contribution >= 0.6 is 0 Å². The molecule has 14 heavy (non-hydrogen) atoms. The highest BCUT2D eigenvalue weighted by Crippen LogP contribution is 2.17. The lowest BCUT2D eigenvalue weighted by molar-refractivity contribution is 0.0953. The van der Waals surface area contributed by atoms with Crippen molar-refractivity contribution in [2.24, 2.45) is 0 Å². The van der Waals surface area contributed by atoms with Gasteiger partial charge in [-0.15, -0.1) is 0 Å². The van der Waals surface area contributed by atoms with Gasteiger partial charge in [0.25, 0.3) is 0 Å². The highest BCUT2D eigenvalue weighted by Gasteiger charge is 2.31. The van der Waals surface area contributed by atoms with Gasteiger partial charge in [-0.3, -0.25) is 4.79 Å². The normalized spacial score (nSPS) is 19.4. The lowest BCUT2D eigenvalue weighted by Gasteiger charge is -2.00. The van der Waals surface area contributed by atoms with Crippen LogP contribution in [0.1, 0.15) is 29.3 Å². The Morgan fingerprint density at radius 3 is 2.57 bits per heavy atom. The van der Waals surface area contributed by atoms with Gasteiger partial charge < -0.3 is 4.74 Å². The summed E-state index contributed by atoms with van der Waals surface area (Å²) in [5, 5.41) is 0. The minimum Gasteiger partial charge on any atom is -0.364 e. The third-order valence-corrected chi connectivity index (χ3v) is 2.40. The summed E-state index contributed by atoms with van der Waals surface area (Å²) in [7, 11) is 0. The molecule has 1 aliphatic rings. The minimum absolute atomic E-state index is 0.119. The fourth-order valence-electron chi connectivity index (χ4n) is 1.51. The van der Waals surface area contributed by atoms with Gasteiger partial charge in [0.15, 0.2) is 5.78 Å². The van der Waals surface area contributed by atoms with E-state index in [1.807, 2.05) is 24.3 Å². The topological polar surface area (TPSA) is 29.6 Å². The third-order valence-electron chi connectivity index (χ3n) is 2.40. The largest absolute Gasteiger partial charge is 0.364 e. The van der Waals surface area contributed by atoms with E-state index in [1.165, 1.54) is 5.56 Å². The first-order valence-electron chi connectivity index (χ1n) is 5.06. The lowest BCUT2D eigenvalue weighted by atomic mass is 10.0. The molecular weight excluding hydrogens is 176 g/mol. The number of carbonyl (C=O) groups is 1. The van der Waals surface area contributed by atoms with Crippen molar-refractivity contribution in [3.63, 3.8) is 0 Å². The fourth-order valence-corrected chi connectivity index (χ4v) is 1.51. The molecule has 2 rings (SSSR count). The number of ketones is 1. The molecule has 1 heterocycles. The molecule has 2 nitrogen and oxygen atoms in total. The number of carbonyl (C=O) groups excluding carboxylic acids is 1. The maximum Gasteiger partial charge on any atom is 0.193 e. The standard InChI is InChI=1S/C12H14O2/c1-2-3-9-4-6-10(7-5-9)12(13)11-8-14-11/h4-7,11H,2-3,8H2,1H3. The molecular formula is C12H14O2. The van der Waals surface area contributed by atoms with Crippen molar-refractivity contribution in [2.45, 2.75) is 25.9 Å². The molecule has 2 heteroatoms. The van der Waals surface area contributed by atoms with Crippen LogP contribution in [-0.4, -0.2) is 18.5 Å². The summed E-state index contributed by atoms with van der Waals surface area (Å²) in [6.45, 7) is 2.74. The molecule has 0 radical (unpaired) electrons. The smallest absolute Gasteiger partial charge is 0.193 e. The van der Waals surface area contributed by atoms with Gasteiger partial charge in [0, 0.05) is 5.56 Å². The maximum atomic E-state index is 11.6. The summed E-state index contributed by atoms with van der Waals surface area (Å²) < 4.78 is 4.95. The zero-order chi connectivity index (χ0) is 9.97. The van der Waals surface area contributed by atoms with Gasteiger partial charge in [0.2, 0.25) is 0 Å². The van der Waals surface area contributed by atoms with Crippen molar-refractivity contribution in [1.82, 2.24) is 0 Å². The molecule has 74 valence electrons. The average Bonchev–Trinajstić information content (AvgIpc) is 3.02. The Balaban J connectivity index is 2.08. The SMILES string of the molecule is CCCc1ccc(C(=O)C2CO2)cc1. The summed E-state index contributed by atoms with van der Waals surface area (Å²) in [4.78, 5) is 11.6. The minimum atomic E-state index is -0.160. The van der Waals surface area contributed by atoms with E-state index in [0.717, 1.165) is 18.4 Å². The average molecular weight is 190 g/mol.